The molecule has 3 aliphatic rings. The molecule has 2 N–H and O–H groups in total. The lowest BCUT2D eigenvalue weighted by Gasteiger charge is -2.36. The first-order chi connectivity index (χ1) is 14.7. The van der Waals surface area contributed by atoms with Gasteiger partial charge in [-0.05, 0) is 50.4 Å². The lowest BCUT2D eigenvalue weighted by Crippen LogP contribution is -2.51. The number of ether oxygens (including phenoxy) is 2. The van der Waals surface area contributed by atoms with E-state index in [4.69, 9.17) is 9.47 Å². The van der Waals surface area contributed by atoms with Gasteiger partial charge in [-0.25, -0.2) is 0 Å². The van der Waals surface area contributed by atoms with Crippen LogP contribution in [0.25, 0.3) is 0 Å². The van der Waals surface area contributed by atoms with E-state index < -0.39 is 12.2 Å². The average Bonchev–Trinajstić information content (AvgIpc) is 2.77. The predicted octanol–water partition coefficient (Wildman–Crippen LogP) is 2.07. The molecule has 4 atom stereocenters. The number of hydrogen-bond donors (Lipinski definition) is 2. The van der Waals surface area contributed by atoms with Gasteiger partial charge in [0.25, 0.3) is 0 Å². The molecule has 0 amide bonds. The highest BCUT2D eigenvalue weighted by Crippen LogP contribution is 2.19. The number of nitrogens with zero attached hydrogens (tertiary/aromatic N) is 2. The number of β-amino-alcohol motifs (C(OH)–C–C–N with tert-alkyl or cyclic N) is 2. The first-order valence-electron chi connectivity index (χ1n) is 12.0. The lowest BCUT2D eigenvalue weighted by atomic mass is 9.95. The Hall–Kier alpha value is -0.760. The lowest BCUT2D eigenvalue weighted by molar-refractivity contribution is -0.0174. The van der Waals surface area contributed by atoms with Crippen LogP contribution in [0.3, 0.4) is 0 Å². The third-order valence-corrected chi connectivity index (χ3v) is 6.49. The van der Waals surface area contributed by atoms with E-state index in [9.17, 15) is 10.2 Å². The molecule has 1 aliphatic heterocycles. The van der Waals surface area contributed by atoms with Gasteiger partial charge in [0.2, 0.25) is 0 Å². The van der Waals surface area contributed by atoms with Gasteiger partial charge < -0.3 is 19.7 Å². The molecule has 1 fully saturated rings. The van der Waals surface area contributed by atoms with Crippen molar-refractivity contribution in [3.8, 4) is 0 Å². The maximum Gasteiger partial charge on any atom is 0.0900 e. The Bertz CT molecular complexity index is 473. The summed E-state index contributed by atoms with van der Waals surface area (Å²) in [5.41, 5.74) is 0. The topological polar surface area (TPSA) is 65.4 Å². The number of piperazine rings is 1. The fourth-order valence-corrected chi connectivity index (χ4v) is 4.61. The molecule has 2 aliphatic carbocycles. The van der Waals surface area contributed by atoms with Crippen molar-refractivity contribution in [1.82, 2.24) is 9.80 Å². The van der Waals surface area contributed by atoms with Gasteiger partial charge in [0, 0.05) is 52.5 Å². The van der Waals surface area contributed by atoms with E-state index in [1.165, 1.54) is 12.8 Å². The fraction of sp³-hybridized carbons (Fsp3) is 0.833. The summed E-state index contributed by atoms with van der Waals surface area (Å²) in [6.07, 6.45) is 15.0. The molecule has 6 heteroatoms. The van der Waals surface area contributed by atoms with Crippen molar-refractivity contribution in [3.63, 3.8) is 0 Å². The highest BCUT2D eigenvalue weighted by atomic mass is 16.5. The molecular weight excluding hydrogens is 380 g/mol. The van der Waals surface area contributed by atoms with Crippen LogP contribution < -0.4 is 0 Å². The Kier molecular flexibility index (Phi) is 10.8. The van der Waals surface area contributed by atoms with Crippen molar-refractivity contribution in [2.24, 2.45) is 11.8 Å². The molecule has 0 aromatic heterocycles. The molecule has 0 aromatic carbocycles. The van der Waals surface area contributed by atoms with Gasteiger partial charge in [-0.1, -0.05) is 24.3 Å². The van der Waals surface area contributed by atoms with Crippen molar-refractivity contribution in [1.29, 1.82) is 0 Å². The molecule has 0 bridgehead atoms. The van der Waals surface area contributed by atoms with Crippen LogP contribution in [0, 0.1) is 11.8 Å². The normalized spacial score (nSPS) is 27.9. The molecule has 0 spiro atoms. The minimum absolute atomic E-state index is 0.424. The maximum atomic E-state index is 10.3. The Balaban J connectivity index is 1.20. The third-order valence-electron chi connectivity index (χ3n) is 6.49. The number of aliphatic hydroxyl groups excluding tert-OH is 2. The SMILES string of the molecule is O[C@H](COC[C@H]1CC=CCC1)CN1CCN(C[C@H](O)COC[C@H]2CC=CCC2)CC1. The van der Waals surface area contributed by atoms with Gasteiger partial charge in [0.1, 0.15) is 0 Å². The minimum Gasteiger partial charge on any atom is -0.389 e. The molecule has 0 radical (unpaired) electrons. The number of allylic oxidation sites excluding steroid dienone is 4. The zero-order chi connectivity index (χ0) is 21.0. The summed E-state index contributed by atoms with van der Waals surface area (Å²) in [4.78, 5) is 4.60. The van der Waals surface area contributed by atoms with Crippen molar-refractivity contribution in [2.45, 2.75) is 50.7 Å². The number of hydrogen-bond acceptors (Lipinski definition) is 6. The number of rotatable bonds is 12. The van der Waals surface area contributed by atoms with Gasteiger partial charge in [-0.3, -0.25) is 9.80 Å². The zero-order valence-electron chi connectivity index (χ0n) is 18.5. The summed E-state index contributed by atoms with van der Waals surface area (Å²) in [5.74, 6) is 1.22. The van der Waals surface area contributed by atoms with Crippen LogP contribution >= 0.6 is 0 Å². The molecule has 0 aromatic rings. The monoisotopic (exact) mass is 422 g/mol. The Morgan fingerprint density at radius 1 is 0.700 bits per heavy atom. The fourth-order valence-electron chi connectivity index (χ4n) is 4.61. The van der Waals surface area contributed by atoms with E-state index in [1.54, 1.807) is 0 Å². The molecule has 30 heavy (non-hydrogen) atoms. The van der Waals surface area contributed by atoms with Gasteiger partial charge in [0.05, 0.1) is 25.4 Å². The van der Waals surface area contributed by atoms with Crippen LogP contribution in [0.5, 0.6) is 0 Å². The summed E-state index contributed by atoms with van der Waals surface area (Å²) in [5, 5.41) is 20.6. The summed E-state index contributed by atoms with van der Waals surface area (Å²) in [7, 11) is 0. The summed E-state index contributed by atoms with van der Waals surface area (Å²) in [6, 6.07) is 0. The molecule has 0 unspecified atom stereocenters. The zero-order valence-corrected chi connectivity index (χ0v) is 18.5. The van der Waals surface area contributed by atoms with E-state index in [1.807, 2.05) is 0 Å². The molecule has 0 saturated carbocycles. The Morgan fingerprint density at radius 2 is 1.13 bits per heavy atom. The van der Waals surface area contributed by atoms with Crippen LogP contribution in [-0.4, -0.2) is 97.9 Å². The van der Waals surface area contributed by atoms with Crippen LogP contribution in [0.1, 0.15) is 38.5 Å². The van der Waals surface area contributed by atoms with Crippen molar-refractivity contribution in [2.75, 3.05) is 65.7 Å². The van der Waals surface area contributed by atoms with Gasteiger partial charge in [-0.2, -0.15) is 0 Å². The van der Waals surface area contributed by atoms with Crippen LogP contribution in [0.2, 0.25) is 0 Å². The van der Waals surface area contributed by atoms with E-state index in [0.717, 1.165) is 65.1 Å². The van der Waals surface area contributed by atoms with Gasteiger partial charge in [0.15, 0.2) is 0 Å². The first-order valence-corrected chi connectivity index (χ1v) is 12.0. The van der Waals surface area contributed by atoms with Crippen LogP contribution in [-0.2, 0) is 9.47 Å². The van der Waals surface area contributed by atoms with E-state index in [-0.39, 0.29) is 0 Å². The average molecular weight is 423 g/mol. The largest absolute Gasteiger partial charge is 0.389 e. The molecular formula is C24H42N2O4. The second-order valence-corrected chi connectivity index (χ2v) is 9.28. The molecule has 1 heterocycles. The minimum atomic E-state index is -0.427. The second-order valence-electron chi connectivity index (χ2n) is 9.28. The van der Waals surface area contributed by atoms with E-state index in [0.29, 0.717) is 38.1 Å². The molecule has 6 nitrogen and oxygen atoms in total. The smallest absolute Gasteiger partial charge is 0.0900 e. The van der Waals surface area contributed by atoms with Crippen molar-refractivity contribution in [3.05, 3.63) is 24.3 Å². The summed E-state index contributed by atoms with van der Waals surface area (Å²) in [6.45, 7) is 7.39. The second kappa shape index (κ2) is 13.6. The van der Waals surface area contributed by atoms with Gasteiger partial charge in [-0.15, -0.1) is 0 Å². The van der Waals surface area contributed by atoms with Crippen molar-refractivity contribution < 1.29 is 19.7 Å². The predicted molar refractivity (Wildman–Crippen MR) is 119 cm³/mol. The third kappa shape index (κ3) is 9.16. The van der Waals surface area contributed by atoms with Crippen LogP contribution in [0.15, 0.2) is 24.3 Å². The molecule has 172 valence electrons. The molecule has 3 rings (SSSR count). The van der Waals surface area contributed by atoms with Gasteiger partial charge >= 0.3 is 0 Å². The summed E-state index contributed by atoms with van der Waals surface area (Å²) >= 11 is 0. The quantitative estimate of drug-likeness (QED) is 0.470. The highest BCUT2D eigenvalue weighted by molar-refractivity contribution is 4.90. The van der Waals surface area contributed by atoms with Crippen LogP contribution in [0.4, 0.5) is 0 Å². The Morgan fingerprint density at radius 3 is 1.50 bits per heavy atom. The number of aliphatic hydroxyl groups is 2. The molecule has 1 saturated heterocycles. The van der Waals surface area contributed by atoms with E-state index in [2.05, 4.69) is 34.1 Å². The van der Waals surface area contributed by atoms with Crippen molar-refractivity contribution >= 4 is 0 Å². The maximum absolute atomic E-state index is 10.3. The Labute approximate surface area is 182 Å². The highest BCUT2D eigenvalue weighted by Gasteiger charge is 2.22. The van der Waals surface area contributed by atoms with E-state index >= 15 is 0 Å². The summed E-state index contributed by atoms with van der Waals surface area (Å²) < 4.78 is 11.5. The first kappa shape index (κ1) is 23.9. The standard InChI is InChI=1S/C24H42N2O4/c27-23(19-29-17-21-7-3-1-4-8-21)15-25-11-13-26(14-12-25)16-24(28)20-30-18-22-9-5-2-6-10-22/h1-3,5,21-24,27-28H,4,6-20H2/t21-,22-,23-,24-/m0/s1.